The van der Waals surface area contributed by atoms with Crippen LogP contribution in [0.5, 0.6) is 0 Å². The monoisotopic (exact) mass is 441 g/mol. The normalized spacial score (nSPS) is 15.1. The van der Waals surface area contributed by atoms with Crippen LogP contribution < -0.4 is 5.32 Å². The molecule has 0 bridgehead atoms. The van der Waals surface area contributed by atoms with Crippen LogP contribution >= 0.6 is 11.8 Å². The molecule has 0 aromatic carbocycles. The average Bonchev–Trinajstić information content (AvgIpc) is 2.63. The molecule has 0 aliphatic heterocycles. The van der Waals surface area contributed by atoms with Gasteiger partial charge in [0, 0.05) is 18.4 Å². The molecule has 0 aromatic rings. The first-order valence-corrected chi connectivity index (χ1v) is 13.0. The minimum atomic E-state index is -0.975. The number of amides is 1. The lowest BCUT2D eigenvalue weighted by molar-refractivity contribution is -0.140. The van der Waals surface area contributed by atoms with Crippen LogP contribution in [0.4, 0.5) is 0 Å². The number of hydrogen-bond donors (Lipinski definition) is 2. The lowest BCUT2D eigenvalue weighted by Gasteiger charge is -2.15. The van der Waals surface area contributed by atoms with E-state index in [-0.39, 0.29) is 5.91 Å². The molecular weight excluding hydrogens is 394 g/mol. The third kappa shape index (κ3) is 17.9. The second kappa shape index (κ2) is 17.7. The summed E-state index contributed by atoms with van der Waals surface area (Å²) in [7, 11) is 0. The van der Waals surface area contributed by atoms with Gasteiger partial charge in [-0.25, -0.2) is 4.79 Å². The second-order valence-electron chi connectivity index (χ2n) is 9.54. The summed E-state index contributed by atoms with van der Waals surface area (Å²) in [6, 6.07) is -0.806. The van der Waals surface area contributed by atoms with Crippen molar-refractivity contribution < 1.29 is 14.7 Å². The predicted octanol–water partition coefficient (Wildman–Crippen LogP) is 6.69. The van der Waals surface area contributed by atoms with E-state index in [1.807, 2.05) is 0 Å². The topological polar surface area (TPSA) is 66.4 Å². The SMILES string of the molecule is CC(=O)N[C@@H](CSC/C=C(\C)CCC[C@H](C)CCC[C@H](C)CCCC(C)C)C(=O)O. The summed E-state index contributed by atoms with van der Waals surface area (Å²) in [5.41, 5.74) is 1.37. The highest BCUT2D eigenvalue weighted by molar-refractivity contribution is 7.99. The largest absolute Gasteiger partial charge is 0.480 e. The third-order valence-corrected chi connectivity index (χ3v) is 6.62. The fraction of sp³-hybridized carbons (Fsp3) is 0.840. The quantitative estimate of drug-likeness (QED) is 0.184. The number of nitrogens with one attached hydrogen (secondary N) is 1. The van der Waals surface area contributed by atoms with Gasteiger partial charge < -0.3 is 10.4 Å². The Bertz CT molecular complexity index is 505. The van der Waals surface area contributed by atoms with Crippen molar-refractivity contribution in [3.63, 3.8) is 0 Å². The van der Waals surface area contributed by atoms with E-state index >= 15 is 0 Å². The minimum Gasteiger partial charge on any atom is -0.480 e. The van der Waals surface area contributed by atoms with Gasteiger partial charge in [-0.2, -0.15) is 11.8 Å². The molecule has 2 N–H and O–H groups in total. The van der Waals surface area contributed by atoms with Crippen molar-refractivity contribution in [2.45, 2.75) is 105 Å². The molecule has 0 fully saturated rings. The molecule has 176 valence electrons. The van der Waals surface area contributed by atoms with Gasteiger partial charge in [0.1, 0.15) is 6.04 Å². The lowest BCUT2D eigenvalue weighted by Crippen LogP contribution is -2.41. The maximum Gasteiger partial charge on any atom is 0.327 e. The molecular formula is C25H47NO3S. The van der Waals surface area contributed by atoms with Crippen molar-refractivity contribution in [2.24, 2.45) is 17.8 Å². The molecule has 0 heterocycles. The maximum atomic E-state index is 11.1. The molecule has 30 heavy (non-hydrogen) atoms. The number of thioether (sulfide) groups is 1. The summed E-state index contributed by atoms with van der Waals surface area (Å²) in [5.74, 6) is 2.40. The molecule has 0 unspecified atom stereocenters. The van der Waals surface area contributed by atoms with Crippen molar-refractivity contribution in [2.75, 3.05) is 11.5 Å². The molecule has 0 spiro atoms. The van der Waals surface area contributed by atoms with Gasteiger partial charge in [-0.05, 0) is 37.5 Å². The fourth-order valence-electron chi connectivity index (χ4n) is 3.62. The van der Waals surface area contributed by atoms with Crippen LogP contribution in [0.25, 0.3) is 0 Å². The smallest absolute Gasteiger partial charge is 0.327 e. The lowest BCUT2D eigenvalue weighted by atomic mass is 9.91. The highest BCUT2D eigenvalue weighted by atomic mass is 32.2. The van der Waals surface area contributed by atoms with Crippen LogP contribution in [0.3, 0.4) is 0 Å². The molecule has 0 aliphatic rings. The van der Waals surface area contributed by atoms with E-state index in [0.717, 1.165) is 29.9 Å². The van der Waals surface area contributed by atoms with Crippen LogP contribution in [0.15, 0.2) is 11.6 Å². The van der Waals surface area contributed by atoms with Crippen molar-refractivity contribution in [3.8, 4) is 0 Å². The van der Waals surface area contributed by atoms with Crippen molar-refractivity contribution in [3.05, 3.63) is 11.6 Å². The standard InChI is InChI=1S/C25H47NO3S/c1-19(2)10-7-11-20(3)12-8-13-21(4)14-9-15-22(5)16-17-30-18-24(25(28)29)26-23(6)27/h16,19-21,24H,7-15,17-18H2,1-6H3,(H,26,27)(H,28,29)/b22-16+/t20-,21-,24+/m1/s1. The van der Waals surface area contributed by atoms with Gasteiger partial charge in [0.25, 0.3) is 0 Å². The maximum absolute atomic E-state index is 11.1. The molecule has 1 amide bonds. The first-order chi connectivity index (χ1) is 14.1. The Morgan fingerprint density at radius 3 is 1.93 bits per heavy atom. The van der Waals surface area contributed by atoms with Gasteiger partial charge >= 0.3 is 5.97 Å². The van der Waals surface area contributed by atoms with Crippen LogP contribution in [-0.4, -0.2) is 34.5 Å². The van der Waals surface area contributed by atoms with E-state index in [1.165, 1.54) is 63.9 Å². The summed E-state index contributed by atoms with van der Waals surface area (Å²) in [6.07, 6.45) is 14.0. The number of carboxylic acid groups (broad SMARTS) is 1. The molecule has 0 saturated heterocycles. The third-order valence-electron chi connectivity index (χ3n) is 5.65. The summed E-state index contributed by atoms with van der Waals surface area (Å²) in [6.45, 7) is 12.9. The number of carbonyl (C=O) groups excluding carboxylic acids is 1. The van der Waals surface area contributed by atoms with E-state index in [9.17, 15) is 9.59 Å². The van der Waals surface area contributed by atoms with E-state index in [4.69, 9.17) is 5.11 Å². The van der Waals surface area contributed by atoms with Gasteiger partial charge in [0.15, 0.2) is 0 Å². The minimum absolute atomic E-state index is 0.301. The van der Waals surface area contributed by atoms with Crippen molar-refractivity contribution in [1.82, 2.24) is 5.32 Å². The van der Waals surface area contributed by atoms with E-state index in [2.05, 4.69) is 46.0 Å². The molecule has 3 atom stereocenters. The van der Waals surface area contributed by atoms with E-state index < -0.39 is 12.0 Å². The van der Waals surface area contributed by atoms with Crippen LogP contribution in [-0.2, 0) is 9.59 Å². The van der Waals surface area contributed by atoms with Crippen LogP contribution in [0, 0.1) is 17.8 Å². The van der Waals surface area contributed by atoms with Gasteiger partial charge in [-0.3, -0.25) is 4.79 Å². The van der Waals surface area contributed by atoms with Crippen molar-refractivity contribution in [1.29, 1.82) is 0 Å². The Morgan fingerprint density at radius 1 is 0.900 bits per heavy atom. The summed E-state index contributed by atoms with van der Waals surface area (Å²) in [5, 5.41) is 11.6. The Hall–Kier alpha value is -0.970. The predicted molar refractivity (Wildman–Crippen MR) is 131 cm³/mol. The zero-order valence-electron chi connectivity index (χ0n) is 20.3. The molecule has 0 rings (SSSR count). The number of carboxylic acids is 1. The van der Waals surface area contributed by atoms with E-state index in [1.54, 1.807) is 11.8 Å². The Balaban J connectivity index is 3.84. The van der Waals surface area contributed by atoms with Crippen LogP contribution in [0.2, 0.25) is 0 Å². The molecule has 0 aliphatic carbocycles. The zero-order chi connectivity index (χ0) is 22.9. The highest BCUT2D eigenvalue weighted by Crippen LogP contribution is 2.22. The number of rotatable bonds is 18. The first kappa shape index (κ1) is 29.0. The molecule has 4 nitrogen and oxygen atoms in total. The zero-order valence-corrected chi connectivity index (χ0v) is 21.2. The number of aliphatic carboxylic acids is 1. The molecule has 0 aromatic heterocycles. The number of hydrogen-bond acceptors (Lipinski definition) is 3. The average molecular weight is 442 g/mol. The Labute approximate surface area is 190 Å². The molecule has 5 heteroatoms. The highest BCUT2D eigenvalue weighted by Gasteiger charge is 2.17. The van der Waals surface area contributed by atoms with Crippen LogP contribution in [0.1, 0.15) is 99.3 Å². The van der Waals surface area contributed by atoms with Gasteiger partial charge in [0.2, 0.25) is 5.91 Å². The second-order valence-corrected chi connectivity index (χ2v) is 10.6. The molecule has 0 saturated carbocycles. The Kier molecular flexibility index (Phi) is 17.1. The molecule has 0 radical (unpaired) electrons. The number of allylic oxidation sites excluding steroid dienone is 1. The first-order valence-electron chi connectivity index (χ1n) is 11.8. The number of carbonyl (C=O) groups is 2. The van der Waals surface area contributed by atoms with Gasteiger partial charge in [0.05, 0.1) is 0 Å². The van der Waals surface area contributed by atoms with Crippen molar-refractivity contribution >= 4 is 23.6 Å². The summed E-state index contributed by atoms with van der Waals surface area (Å²) in [4.78, 5) is 22.1. The fourth-order valence-corrected chi connectivity index (χ4v) is 4.62. The summed E-state index contributed by atoms with van der Waals surface area (Å²) < 4.78 is 0. The van der Waals surface area contributed by atoms with Gasteiger partial charge in [-0.15, -0.1) is 0 Å². The summed E-state index contributed by atoms with van der Waals surface area (Å²) >= 11 is 1.55. The van der Waals surface area contributed by atoms with Gasteiger partial charge in [-0.1, -0.05) is 84.3 Å². The Morgan fingerprint density at radius 2 is 1.43 bits per heavy atom. The van der Waals surface area contributed by atoms with E-state index in [0.29, 0.717) is 5.75 Å².